The molecule has 0 saturated heterocycles. The third-order valence-electron chi connectivity index (χ3n) is 7.15. The van der Waals surface area contributed by atoms with Crippen LogP contribution in [0.25, 0.3) is 0 Å². The van der Waals surface area contributed by atoms with Crippen LogP contribution in [0.3, 0.4) is 0 Å². The number of aliphatic hydroxyl groups excluding tert-OH is 1. The molecule has 3 unspecified atom stereocenters. The van der Waals surface area contributed by atoms with E-state index in [1.807, 2.05) is 27.2 Å². The Balaban J connectivity index is 4.71. The van der Waals surface area contributed by atoms with E-state index in [0.717, 1.165) is 57.8 Å². The molecule has 3 atom stereocenters. The van der Waals surface area contributed by atoms with Gasteiger partial charge < -0.3 is 28.8 Å². The summed E-state index contributed by atoms with van der Waals surface area (Å²) in [4.78, 5) is 25.1. The molecule has 2 N–H and O–H groups in total. The van der Waals surface area contributed by atoms with Crippen molar-refractivity contribution < 1.29 is 32.9 Å². The van der Waals surface area contributed by atoms with Crippen molar-refractivity contribution in [2.75, 3.05) is 40.9 Å². The SMILES string of the molecule is CC/C=C\C/C=C\C/C=C\C/C=C\CCCCC(=O)NC(COP(=O)([O-])OCC[N+](C)(C)C)C(O)/C=C/CC/C=C/CCCCCC. The molecular weight excluding hydrogens is 611 g/mol. The normalized spacial score (nSPS) is 15.6. The molecule has 1 amide bonds. The molecule has 0 aromatic rings. The number of allylic oxidation sites excluding steroid dienone is 11. The Bertz CT molecular complexity index is 997. The molecule has 0 aliphatic rings. The van der Waals surface area contributed by atoms with Crippen LogP contribution >= 0.6 is 7.82 Å². The summed E-state index contributed by atoms with van der Waals surface area (Å²) in [6, 6.07) is -0.925. The fraction of sp³-hybridized carbons (Fsp3) is 0.658. The predicted octanol–water partition coefficient (Wildman–Crippen LogP) is 8.27. The van der Waals surface area contributed by atoms with Crippen LogP contribution < -0.4 is 10.2 Å². The van der Waals surface area contributed by atoms with Crippen LogP contribution in [0.4, 0.5) is 0 Å². The molecule has 270 valence electrons. The van der Waals surface area contributed by atoms with Gasteiger partial charge in [0.1, 0.15) is 13.2 Å². The highest BCUT2D eigenvalue weighted by molar-refractivity contribution is 7.45. The largest absolute Gasteiger partial charge is 0.756 e. The number of carbonyl (C=O) groups is 1. The van der Waals surface area contributed by atoms with E-state index in [0.29, 0.717) is 17.4 Å². The Kier molecular flexibility index (Phi) is 28.7. The van der Waals surface area contributed by atoms with Crippen molar-refractivity contribution in [3.05, 3.63) is 72.9 Å². The first-order valence-corrected chi connectivity index (χ1v) is 19.3. The van der Waals surface area contributed by atoms with E-state index < -0.39 is 26.6 Å². The minimum Gasteiger partial charge on any atom is -0.756 e. The zero-order valence-corrected chi connectivity index (χ0v) is 31.1. The van der Waals surface area contributed by atoms with Crippen molar-refractivity contribution in [2.24, 2.45) is 0 Å². The Morgan fingerprint density at radius 1 is 0.766 bits per heavy atom. The summed E-state index contributed by atoms with van der Waals surface area (Å²) >= 11 is 0. The van der Waals surface area contributed by atoms with E-state index >= 15 is 0 Å². The minimum atomic E-state index is -4.60. The van der Waals surface area contributed by atoms with E-state index in [1.54, 1.807) is 6.08 Å². The molecule has 0 heterocycles. The molecule has 0 saturated carbocycles. The summed E-state index contributed by atoms with van der Waals surface area (Å²) in [5.41, 5.74) is 0. The Morgan fingerprint density at radius 3 is 1.94 bits per heavy atom. The molecule has 0 aliphatic heterocycles. The second kappa shape index (κ2) is 30.0. The van der Waals surface area contributed by atoms with E-state index in [9.17, 15) is 19.4 Å². The van der Waals surface area contributed by atoms with E-state index in [2.05, 4.69) is 79.9 Å². The lowest BCUT2D eigenvalue weighted by atomic mass is 10.1. The third-order valence-corrected chi connectivity index (χ3v) is 8.11. The van der Waals surface area contributed by atoms with Gasteiger partial charge in [-0.05, 0) is 70.6 Å². The van der Waals surface area contributed by atoms with Gasteiger partial charge in [-0.25, -0.2) is 0 Å². The first-order chi connectivity index (χ1) is 22.5. The number of aliphatic hydroxyl groups is 1. The minimum absolute atomic E-state index is 0.0187. The molecule has 0 spiro atoms. The number of likely N-dealkylation sites (N-methyl/N-ethyl adjacent to an activating group) is 1. The molecule has 9 heteroatoms. The van der Waals surface area contributed by atoms with Gasteiger partial charge in [-0.3, -0.25) is 9.36 Å². The number of hydrogen-bond donors (Lipinski definition) is 2. The fourth-order valence-electron chi connectivity index (χ4n) is 4.27. The van der Waals surface area contributed by atoms with Gasteiger partial charge in [0.25, 0.3) is 7.82 Å². The maximum absolute atomic E-state index is 12.7. The topological polar surface area (TPSA) is 108 Å². The lowest BCUT2D eigenvalue weighted by molar-refractivity contribution is -0.870. The zero-order valence-electron chi connectivity index (χ0n) is 30.2. The van der Waals surface area contributed by atoms with Crippen LogP contribution in [0.5, 0.6) is 0 Å². The summed E-state index contributed by atoms with van der Waals surface area (Å²) in [7, 11) is 1.20. The lowest BCUT2D eigenvalue weighted by Gasteiger charge is -2.29. The van der Waals surface area contributed by atoms with Crippen molar-refractivity contribution in [1.29, 1.82) is 0 Å². The lowest BCUT2D eigenvalue weighted by Crippen LogP contribution is -2.45. The van der Waals surface area contributed by atoms with Gasteiger partial charge in [0.05, 0.1) is 39.9 Å². The number of rotatable bonds is 30. The van der Waals surface area contributed by atoms with Crippen molar-refractivity contribution in [3.63, 3.8) is 0 Å². The first kappa shape index (κ1) is 44.9. The van der Waals surface area contributed by atoms with E-state index in [1.165, 1.54) is 25.7 Å². The quantitative estimate of drug-likeness (QED) is 0.0343. The van der Waals surface area contributed by atoms with Crippen molar-refractivity contribution >= 4 is 13.7 Å². The summed E-state index contributed by atoms with van der Waals surface area (Å²) in [6.45, 7) is 4.38. The van der Waals surface area contributed by atoms with E-state index in [-0.39, 0.29) is 18.9 Å². The van der Waals surface area contributed by atoms with Crippen LogP contribution in [0, 0.1) is 0 Å². The number of unbranched alkanes of at least 4 members (excludes halogenated alkanes) is 7. The number of phosphoric ester groups is 1. The summed E-state index contributed by atoms with van der Waals surface area (Å²) in [5, 5.41) is 13.6. The van der Waals surface area contributed by atoms with Crippen LogP contribution in [0.1, 0.15) is 110 Å². The Labute approximate surface area is 287 Å². The molecule has 47 heavy (non-hydrogen) atoms. The summed E-state index contributed by atoms with van der Waals surface area (Å²) in [6.07, 6.45) is 38.1. The van der Waals surface area contributed by atoms with Crippen molar-refractivity contribution in [3.8, 4) is 0 Å². The molecule has 0 rings (SSSR count). The molecular formula is C38H67N2O6P. The third kappa shape index (κ3) is 32.3. The smallest absolute Gasteiger partial charge is 0.268 e. The highest BCUT2D eigenvalue weighted by atomic mass is 31.2. The average Bonchev–Trinajstić information content (AvgIpc) is 3.01. The van der Waals surface area contributed by atoms with Crippen LogP contribution in [0.2, 0.25) is 0 Å². The van der Waals surface area contributed by atoms with Gasteiger partial charge >= 0.3 is 0 Å². The van der Waals surface area contributed by atoms with Crippen LogP contribution in [0.15, 0.2) is 72.9 Å². The maximum Gasteiger partial charge on any atom is 0.268 e. The van der Waals surface area contributed by atoms with Gasteiger partial charge in [-0.2, -0.15) is 0 Å². The summed E-state index contributed by atoms with van der Waals surface area (Å²) < 4.78 is 23.0. The standard InChI is InChI=1S/C38H67N2O6P/c1-6-8-10-12-14-16-18-19-20-21-22-24-26-28-30-32-38(42)39-36(35-46-47(43,44)45-34-33-40(3,4)5)37(41)31-29-27-25-23-17-15-13-11-9-7-2/h8,10,14,16-17,19-20,22-24,29,31,36-37,41H,6-7,9,11-13,15,18,21,25-28,30,32-35H2,1-5H3,(H-,39,42,43,44)/b10-8-,16-14-,20-19-,23-17+,24-22-,31-29+. The number of amides is 1. The molecule has 8 nitrogen and oxygen atoms in total. The molecule has 0 aliphatic carbocycles. The molecule has 0 aromatic carbocycles. The number of nitrogens with zero attached hydrogens (tertiary/aromatic N) is 1. The van der Waals surface area contributed by atoms with Gasteiger partial charge in [0.15, 0.2) is 0 Å². The second-order valence-electron chi connectivity index (χ2n) is 12.8. The first-order valence-electron chi connectivity index (χ1n) is 17.8. The van der Waals surface area contributed by atoms with Gasteiger partial charge in [0.2, 0.25) is 5.91 Å². The molecule has 0 bridgehead atoms. The predicted molar refractivity (Wildman–Crippen MR) is 196 cm³/mol. The second-order valence-corrected chi connectivity index (χ2v) is 14.2. The highest BCUT2D eigenvalue weighted by Gasteiger charge is 2.23. The Morgan fingerprint density at radius 2 is 1.32 bits per heavy atom. The van der Waals surface area contributed by atoms with Gasteiger partial charge in [-0.15, -0.1) is 0 Å². The van der Waals surface area contributed by atoms with Crippen molar-refractivity contribution in [1.82, 2.24) is 5.32 Å². The Hall–Kier alpha value is -2.06. The fourth-order valence-corrected chi connectivity index (χ4v) is 5.00. The average molecular weight is 679 g/mol. The number of nitrogens with one attached hydrogen (secondary N) is 1. The van der Waals surface area contributed by atoms with E-state index in [4.69, 9.17) is 9.05 Å². The summed E-state index contributed by atoms with van der Waals surface area (Å²) in [5.74, 6) is -0.256. The van der Waals surface area contributed by atoms with Crippen LogP contribution in [-0.4, -0.2) is 68.5 Å². The van der Waals surface area contributed by atoms with Crippen LogP contribution in [-0.2, 0) is 18.4 Å². The van der Waals surface area contributed by atoms with Gasteiger partial charge in [0, 0.05) is 6.42 Å². The van der Waals surface area contributed by atoms with Gasteiger partial charge in [-0.1, -0.05) is 106 Å². The zero-order chi connectivity index (χ0) is 35.1. The van der Waals surface area contributed by atoms with Crippen molar-refractivity contribution in [2.45, 2.75) is 122 Å². The molecule has 0 fully saturated rings. The highest BCUT2D eigenvalue weighted by Crippen LogP contribution is 2.38. The molecule has 0 aromatic heterocycles. The number of carbonyl (C=O) groups excluding carboxylic acids is 1. The monoisotopic (exact) mass is 678 g/mol. The molecule has 0 radical (unpaired) electrons. The number of hydrogen-bond acceptors (Lipinski definition) is 6. The number of quaternary nitrogens is 1. The maximum atomic E-state index is 12.7. The number of phosphoric acid groups is 1.